The fraction of sp³-hybridized carbons (Fsp3) is 0.538. The molecule has 1 aliphatic heterocycles. The van der Waals surface area contributed by atoms with E-state index in [0.717, 1.165) is 38.8 Å². The molecular formula is C13H21FN4O2S. The molecule has 0 spiro atoms. The highest BCUT2D eigenvalue weighted by Crippen LogP contribution is 2.17. The van der Waals surface area contributed by atoms with Gasteiger partial charge in [-0.25, -0.2) is 17.9 Å². The highest BCUT2D eigenvalue weighted by atomic mass is 32.2. The molecule has 21 heavy (non-hydrogen) atoms. The summed E-state index contributed by atoms with van der Waals surface area (Å²) in [7, 11) is -1.77. The average molecular weight is 316 g/mol. The topological polar surface area (TPSA) is 78.7 Å². The van der Waals surface area contributed by atoms with Crippen molar-refractivity contribution in [2.75, 3.05) is 51.6 Å². The van der Waals surface area contributed by atoms with Crippen molar-refractivity contribution in [2.45, 2.75) is 4.90 Å². The summed E-state index contributed by atoms with van der Waals surface area (Å²) < 4.78 is 36.0. The molecule has 0 bridgehead atoms. The third kappa shape index (κ3) is 4.63. The van der Waals surface area contributed by atoms with E-state index in [9.17, 15) is 12.8 Å². The number of hydrogen-bond donors (Lipinski definition) is 2. The van der Waals surface area contributed by atoms with E-state index < -0.39 is 15.8 Å². The molecule has 0 amide bonds. The highest BCUT2D eigenvalue weighted by Gasteiger charge is 2.14. The number of halogens is 1. The Kier molecular flexibility index (Phi) is 5.15. The van der Waals surface area contributed by atoms with Crippen LogP contribution in [0.25, 0.3) is 0 Å². The molecule has 1 aromatic rings. The van der Waals surface area contributed by atoms with Crippen molar-refractivity contribution >= 4 is 15.7 Å². The first kappa shape index (κ1) is 16.2. The zero-order valence-corrected chi connectivity index (χ0v) is 12.9. The smallest absolute Gasteiger partial charge is 0.238 e. The van der Waals surface area contributed by atoms with Crippen molar-refractivity contribution in [3.63, 3.8) is 0 Å². The Balaban J connectivity index is 1.86. The van der Waals surface area contributed by atoms with Crippen LogP contribution in [0.2, 0.25) is 0 Å². The highest BCUT2D eigenvalue weighted by molar-refractivity contribution is 7.89. The lowest BCUT2D eigenvalue weighted by Gasteiger charge is -2.32. The second-order valence-corrected chi connectivity index (χ2v) is 6.82. The monoisotopic (exact) mass is 316 g/mol. The Morgan fingerprint density at radius 2 is 1.95 bits per heavy atom. The second kappa shape index (κ2) is 6.69. The maximum Gasteiger partial charge on any atom is 0.238 e. The summed E-state index contributed by atoms with van der Waals surface area (Å²) >= 11 is 0. The van der Waals surface area contributed by atoms with Gasteiger partial charge in [0.15, 0.2) is 0 Å². The largest absolute Gasteiger partial charge is 0.381 e. The number of nitrogens with one attached hydrogen (secondary N) is 1. The van der Waals surface area contributed by atoms with Gasteiger partial charge in [-0.2, -0.15) is 0 Å². The summed E-state index contributed by atoms with van der Waals surface area (Å²) in [4.78, 5) is 4.36. The van der Waals surface area contributed by atoms with E-state index in [-0.39, 0.29) is 10.6 Å². The summed E-state index contributed by atoms with van der Waals surface area (Å²) in [6.45, 7) is 5.52. The zero-order valence-electron chi connectivity index (χ0n) is 12.0. The minimum absolute atomic E-state index is 0.218. The average Bonchev–Trinajstić information content (AvgIpc) is 2.41. The molecule has 6 nitrogen and oxygen atoms in total. The lowest BCUT2D eigenvalue weighted by atomic mass is 10.3. The van der Waals surface area contributed by atoms with Crippen LogP contribution in [0.4, 0.5) is 10.1 Å². The SMILES string of the molecule is CN1CCN(CCNc2ccc(S(N)(=O)=O)cc2F)CC1. The number of benzene rings is 1. The van der Waals surface area contributed by atoms with E-state index in [2.05, 4.69) is 22.2 Å². The van der Waals surface area contributed by atoms with Gasteiger partial charge in [0, 0.05) is 39.3 Å². The molecule has 0 saturated carbocycles. The number of nitrogens with two attached hydrogens (primary N) is 1. The minimum atomic E-state index is -3.87. The molecule has 1 aromatic carbocycles. The number of piperazine rings is 1. The normalized spacial score (nSPS) is 17.9. The van der Waals surface area contributed by atoms with Gasteiger partial charge in [-0.05, 0) is 25.2 Å². The Labute approximate surface area is 124 Å². The zero-order chi connectivity index (χ0) is 15.5. The van der Waals surface area contributed by atoms with E-state index in [1.165, 1.54) is 12.1 Å². The minimum Gasteiger partial charge on any atom is -0.381 e. The lowest BCUT2D eigenvalue weighted by Crippen LogP contribution is -2.45. The Bertz CT molecular complexity index is 586. The third-order valence-corrected chi connectivity index (χ3v) is 4.52. The molecule has 0 unspecified atom stereocenters. The summed E-state index contributed by atoms with van der Waals surface area (Å²) in [6.07, 6.45) is 0. The first-order chi connectivity index (χ1) is 9.86. The second-order valence-electron chi connectivity index (χ2n) is 5.26. The molecule has 0 radical (unpaired) electrons. The molecule has 1 fully saturated rings. The molecule has 1 saturated heterocycles. The molecular weight excluding hydrogens is 295 g/mol. The van der Waals surface area contributed by atoms with Gasteiger partial charge in [0.05, 0.1) is 10.6 Å². The number of sulfonamides is 1. The molecule has 0 aliphatic carbocycles. The van der Waals surface area contributed by atoms with Crippen LogP contribution in [0.15, 0.2) is 23.1 Å². The standard InChI is InChI=1S/C13H21FN4O2S/c1-17-6-8-18(9-7-17)5-4-16-13-3-2-11(10-12(13)14)21(15,19)20/h2-3,10,16H,4-9H2,1H3,(H2,15,19,20). The Hall–Kier alpha value is -1.22. The van der Waals surface area contributed by atoms with Crippen molar-refractivity contribution < 1.29 is 12.8 Å². The number of rotatable bonds is 5. The van der Waals surface area contributed by atoms with E-state index in [4.69, 9.17) is 5.14 Å². The lowest BCUT2D eigenvalue weighted by molar-refractivity contribution is 0.158. The van der Waals surface area contributed by atoms with Crippen molar-refractivity contribution in [1.82, 2.24) is 9.80 Å². The van der Waals surface area contributed by atoms with Crippen LogP contribution < -0.4 is 10.5 Å². The molecule has 0 atom stereocenters. The van der Waals surface area contributed by atoms with Crippen LogP contribution in [-0.4, -0.2) is 64.5 Å². The molecule has 3 N–H and O–H groups in total. The van der Waals surface area contributed by atoms with Crippen LogP contribution in [0, 0.1) is 5.82 Å². The summed E-state index contributed by atoms with van der Waals surface area (Å²) in [5, 5.41) is 7.94. The predicted molar refractivity (Wildman–Crippen MR) is 80.2 cm³/mol. The number of likely N-dealkylation sites (N-methyl/N-ethyl adjacent to an activating group) is 1. The predicted octanol–water partition coefficient (Wildman–Crippen LogP) is 0.132. The molecule has 8 heteroatoms. The molecule has 2 rings (SSSR count). The van der Waals surface area contributed by atoms with Crippen molar-refractivity contribution in [2.24, 2.45) is 5.14 Å². The maximum absolute atomic E-state index is 13.8. The van der Waals surface area contributed by atoms with Gasteiger partial charge in [-0.1, -0.05) is 0 Å². The fourth-order valence-corrected chi connectivity index (χ4v) is 2.76. The number of primary sulfonamides is 1. The Morgan fingerprint density at radius 1 is 1.29 bits per heavy atom. The summed E-state index contributed by atoms with van der Waals surface area (Å²) in [5.41, 5.74) is 0.288. The van der Waals surface area contributed by atoms with Gasteiger partial charge in [0.25, 0.3) is 0 Å². The van der Waals surface area contributed by atoms with Gasteiger partial charge < -0.3 is 10.2 Å². The van der Waals surface area contributed by atoms with Crippen LogP contribution in [-0.2, 0) is 10.0 Å². The Morgan fingerprint density at radius 3 is 2.52 bits per heavy atom. The quantitative estimate of drug-likeness (QED) is 0.807. The van der Waals surface area contributed by atoms with Gasteiger partial charge in [0.1, 0.15) is 5.82 Å². The van der Waals surface area contributed by atoms with Gasteiger partial charge in [0.2, 0.25) is 10.0 Å². The van der Waals surface area contributed by atoms with Crippen molar-refractivity contribution in [3.8, 4) is 0 Å². The van der Waals surface area contributed by atoms with Gasteiger partial charge >= 0.3 is 0 Å². The summed E-state index contributed by atoms with van der Waals surface area (Å²) in [5.74, 6) is -0.611. The van der Waals surface area contributed by atoms with Crippen LogP contribution in [0.3, 0.4) is 0 Å². The number of anilines is 1. The van der Waals surface area contributed by atoms with Gasteiger partial charge in [-0.15, -0.1) is 0 Å². The van der Waals surface area contributed by atoms with E-state index >= 15 is 0 Å². The maximum atomic E-state index is 13.8. The number of nitrogens with zero attached hydrogens (tertiary/aromatic N) is 2. The first-order valence-corrected chi connectivity index (χ1v) is 8.38. The van der Waals surface area contributed by atoms with Crippen LogP contribution >= 0.6 is 0 Å². The van der Waals surface area contributed by atoms with E-state index in [0.29, 0.717) is 6.54 Å². The number of hydrogen-bond acceptors (Lipinski definition) is 5. The molecule has 1 aliphatic rings. The van der Waals surface area contributed by atoms with E-state index in [1.54, 1.807) is 0 Å². The summed E-state index contributed by atoms with van der Waals surface area (Å²) in [6, 6.07) is 3.64. The van der Waals surface area contributed by atoms with Crippen LogP contribution in [0.1, 0.15) is 0 Å². The molecule has 1 heterocycles. The molecule has 118 valence electrons. The van der Waals surface area contributed by atoms with Gasteiger partial charge in [-0.3, -0.25) is 4.90 Å². The van der Waals surface area contributed by atoms with E-state index in [1.807, 2.05) is 0 Å². The van der Waals surface area contributed by atoms with Crippen molar-refractivity contribution in [3.05, 3.63) is 24.0 Å². The third-order valence-electron chi connectivity index (χ3n) is 3.61. The van der Waals surface area contributed by atoms with Crippen molar-refractivity contribution in [1.29, 1.82) is 0 Å². The fourth-order valence-electron chi connectivity index (χ4n) is 2.24. The first-order valence-electron chi connectivity index (χ1n) is 6.83. The van der Waals surface area contributed by atoms with Crippen LogP contribution in [0.5, 0.6) is 0 Å². The molecule has 0 aromatic heterocycles.